The summed E-state index contributed by atoms with van der Waals surface area (Å²) in [5, 5.41) is 0.638. The molecule has 2 aromatic rings. The second kappa shape index (κ2) is 13.7. The molecule has 174 valence electrons. The summed E-state index contributed by atoms with van der Waals surface area (Å²) in [6.45, 7) is 13.0. The molecule has 0 saturated carbocycles. The van der Waals surface area contributed by atoms with Gasteiger partial charge in [-0.2, -0.15) is 0 Å². The van der Waals surface area contributed by atoms with Gasteiger partial charge >= 0.3 is 0 Å². The van der Waals surface area contributed by atoms with Crippen LogP contribution in [0.5, 0.6) is 5.75 Å². The zero-order valence-corrected chi connectivity index (χ0v) is 19.9. The molecular weight excluding hydrogens is 412 g/mol. The fraction of sp³-hybridized carbons (Fsp3) is 0.600. The minimum atomic E-state index is 0. The average Bonchev–Trinajstić information content (AvgIpc) is 3.17. The maximum absolute atomic E-state index is 6.36. The van der Waals surface area contributed by atoms with E-state index in [1.165, 1.54) is 0 Å². The standard InChI is InChI=1S/C16H19ClN2O.C8H16O2.CH4/c1-5-14-10(3)18-15(6-2)16(19-14)12-8-7-11(20-4)9-13(12)17;1-3-4-10-8-6-9-5-7(8)2;/h7-9H,5-6H2,1-4H3;7-8H,3-6H2,1-2H3;1H4. The van der Waals surface area contributed by atoms with Gasteiger partial charge in [0, 0.05) is 18.1 Å². The van der Waals surface area contributed by atoms with Crippen molar-refractivity contribution >= 4 is 11.6 Å². The van der Waals surface area contributed by atoms with Crippen molar-refractivity contribution in [1.29, 1.82) is 0 Å². The number of halogens is 1. The highest BCUT2D eigenvalue weighted by Crippen LogP contribution is 2.32. The van der Waals surface area contributed by atoms with Crippen LogP contribution in [0.25, 0.3) is 11.3 Å². The molecule has 1 aromatic heterocycles. The maximum Gasteiger partial charge on any atom is 0.120 e. The van der Waals surface area contributed by atoms with Gasteiger partial charge in [-0.25, -0.2) is 4.98 Å². The minimum absolute atomic E-state index is 0. The molecule has 2 heterocycles. The number of nitrogens with zero attached hydrogens (tertiary/aromatic N) is 2. The highest BCUT2D eigenvalue weighted by Gasteiger charge is 2.24. The third kappa shape index (κ3) is 7.44. The van der Waals surface area contributed by atoms with Crippen molar-refractivity contribution in [2.75, 3.05) is 26.9 Å². The lowest BCUT2D eigenvalue weighted by Crippen LogP contribution is -2.20. The largest absolute Gasteiger partial charge is 0.497 e. The van der Waals surface area contributed by atoms with E-state index < -0.39 is 0 Å². The molecule has 5 nitrogen and oxygen atoms in total. The molecule has 0 radical (unpaired) electrons. The summed E-state index contributed by atoms with van der Waals surface area (Å²) < 4.78 is 16.0. The van der Waals surface area contributed by atoms with E-state index in [1.54, 1.807) is 7.11 Å². The molecule has 1 saturated heterocycles. The Balaban J connectivity index is 0.000000370. The molecule has 0 aliphatic carbocycles. The van der Waals surface area contributed by atoms with E-state index in [9.17, 15) is 0 Å². The first kappa shape index (κ1) is 27.3. The van der Waals surface area contributed by atoms with Crippen LogP contribution in [0.15, 0.2) is 18.2 Å². The van der Waals surface area contributed by atoms with E-state index in [2.05, 4.69) is 32.7 Å². The Hall–Kier alpha value is -1.69. The first-order valence-corrected chi connectivity index (χ1v) is 11.2. The van der Waals surface area contributed by atoms with Gasteiger partial charge in [0.05, 0.1) is 54.2 Å². The lowest BCUT2D eigenvalue weighted by atomic mass is 10.1. The van der Waals surface area contributed by atoms with Crippen molar-refractivity contribution in [3.05, 3.63) is 40.3 Å². The normalized spacial score (nSPS) is 17.5. The van der Waals surface area contributed by atoms with Gasteiger partial charge in [0.1, 0.15) is 5.75 Å². The highest BCUT2D eigenvalue weighted by atomic mass is 35.5. The van der Waals surface area contributed by atoms with Crippen LogP contribution in [0.1, 0.15) is 58.6 Å². The SMILES string of the molecule is C.CCCOC1COCC1C.CCc1nc(-c2ccc(OC)cc2Cl)c(CC)nc1C. The van der Waals surface area contributed by atoms with Gasteiger partial charge in [-0.15, -0.1) is 0 Å². The third-order valence-corrected chi connectivity index (χ3v) is 5.49. The molecule has 1 fully saturated rings. The molecule has 2 atom stereocenters. The van der Waals surface area contributed by atoms with Gasteiger partial charge in [-0.1, -0.05) is 46.7 Å². The van der Waals surface area contributed by atoms with Crippen molar-refractivity contribution in [2.24, 2.45) is 5.92 Å². The fourth-order valence-corrected chi connectivity index (χ4v) is 3.60. The molecule has 1 aromatic carbocycles. The summed E-state index contributed by atoms with van der Waals surface area (Å²) in [7, 11) is 1.63. The Kier molecular flexibility index (Phi) is 12.1. The smallest absolute Gasteiger partial charge is 0.120 e. The van der Waals surface area contributed by atoms with Crippen LogP contribution < -0.4 is 4.74 Å². The number of aryl methyl sites for hydroxylation is 3. The molecule has 6 heteroatoms. The van der Waals surface area contributed by atoms with Gasteiger partial charge < -0.3 is 14.2 Å². The van der Waals surface area contributed by atoms with Crippen LogP contribution in [0.2, 0.25) is 5.02 Å². The topological polar surface area (TPSA) is 53.5 Å². The Bertz CT molecular complexity index is 814. The zero-order valence-electron chi connectivity index (χ0n) is 19.1. The van der Waals surface area contributed by atoms with Gasteiger partial charge in [0.2, 0.25) is 0 Å². The van der Waals surface area contributed by atoms with Crippen LogP contribution >= 0.6 is 11.6 Å². The van der Waals surface area contributed by atoms with Crippen molar-refractivity contribution in [2.45, 2.75) is 67.4 Å². The lowest BCUT2D eigenvalue weighted by molar-refractivity contribution is 0.0294. The van der Waals surface area contributed by atoms with Crippen LogP contribution in [-0.2, 0) is 22.3 Å². The molecular formula is C25H39ClN2O3. The summed E-state index contributed by atoms with van der Waals surface area (Å²) >= 11 is 6.36. The van der Waals surface area contributed by atoms with Gasteiger partial charge in [0.25, 0.3) is 0 Å². The Morgan fingerprint density at radius 2 is 1.81 bits per heavy atom. The van der Waals surface area contributed by atoms with Crippen LogP contribution in [0.3, 0.4) is 0 Å². The molecule has 0 bridgehead atoms. The van der Waals surface area contributed by atoms with E-state index >= 15 is 0 Å². The fourth-order valence-electron chi connectivity index (χ4n) is 3.34. The first-order chi connectivity index (χ1) is 14.4. The van der Waals surface area contributed by atoms with Gasteiger partial charge in [-0.05, 0) is 44.4 Å². The minimum Gasteiger partial charge on any atom is -0.497 e. The summed E-state index contributed by atoms with van der Waals surface area (Å²) in [5.41, 5.74) is 4.78. The van der Waals surface area contributed by atoms with Gasteiger partial charge in [0.15, 0.2) is 0 Å². The summed E-state index contributed by atoms with van der Waals surface area (Å²) in [6.07, 6.45) is 3.16. The van der Waals surface area contributed by atoms with Gasteiger partial charge in [-0.3, -0.25) is 4.98 Å². The van der Waals surface area contributed by atoms with Crippen molar-refractivity contribution in [3.63, 3.8) is 0 Å². The van der Waals surface area contributed by atoms with Crippen molar-refractivity contribution < 1.29 is 14.2 Å². The lowest BCUT2D eigenvalue weighted by Gasteiger charge is -2.13. The number of hydrogen-bond acceptors (Lipinski definition) is 5. The summed E-state index contributed by atoms with van der Waals surface area (Å²) in [4.78, 5) is 9.43. The Labute approximate surface area is 193 Å². The summed E-state index contributed by atoms with van der Waals surface area (Å²) in [5.74, 6) is 1.33. The number of benzene rings is 1. The summed E-state index contributed by atoms with van der Waals surface area (Å²) in [6, 6.07) is 5.65. The quantitative estimate of drug-likeness (QED) is 0.493. The van der Waals surface area contributed by atoms with E-state index in [4.69, 9.17) is 30.8 Å². The van der Waals surface area contributed by atoms with E-state index in [1.807, 2.05) is 25.1 Å². The second-order valence-corrected chi connectivity index (χ2v) is 7.94. The first-order valence-electron chi connectivity index (χ1n) is 10.8. The number of rotatable bonds is 7. The van der Waals surface area contributed by atoms with Crippen LogP contribution in [0, 0.1) is 12.8 Å². The third-order valence-electron chi connectivity index (χ3n) is 5.18. The molecule has 1 aliphatic rings. The average molecular weight is 451 g/mol. The number of methoxy groups -OCH3 is 1. The second-order valence-electron chi connectivity index (χ2n) is 7.53. The molecule has 0 N–H and O–H groups in total. The number of hydrogen-bond donors (Lipinski definition) is 0. The molecule has 1 aliphatic heterocycles. The van der Waals surface area contributed by atoms with E-state index in [0.29, 0.717) is 17.0 Å². The van der Waals surface area contributed by atoms with Crippen molar-refractivity contribution in [1.82, 2.24) is 9.97 Å². The Morgan fingerprint density at radius 3 is 2.32 bits per heavy atom. The zero-order chi connectivity index (χ0) is 22.1. The predicted octanol–water partition coefficient (Wildman–Crippen LogP) is 6.32. The molecule has 31 heavy (non-hydrogen) atoms. The molecule has 3 rings (SSSR count). The maximum atomic E-state index is 6.36. The van der Waals surface area contributed by atoms with Crippen LogP contribution in [-0.4, -0.2) is 43.0 Å². The van der Waals surface area contributed by atoms with Crippen molar-refractivity contribution in [3.8, 4) is 17.0 Å². The number of aromatic nitrogens is 2. The monoisotopic (exact) mass is 450 g/mol. The highest BCUT2D eigenvalue weighted by molar-refractivity contribution is 6.33. The predicted molar refractivity (Wildman–Crippen MR) is 129 cm³/mol. The molecule has 2 unspecified atom stereocenters. The number of ether oxygens (including phenoxy) is 3. The van der Waals surface area contributed by atoms with E-state index in [0.717, 1.165) is 73.2 Å². The molecule has 0 spiro atoms. The van der Waals surface area contributed by atoms with Crippen LogP contribution in [0.4, 0.5) is 0 Å². The Morgan fingerprint density at radius 1 is 1.10 bits per heavy atom. The van der Waals surface area contributed by atoms with E-state index in [-0.39, 0.29) is 7.43 Å². The molecule has 0 amide bonds.